The molecule has 17 nitrogen and oxygen atoms in total. The Bertz CT molecular complexity index is 2200. The Kier molecular flexibility index (Phi) is 7.17. The van der Waals surface area contributed by atoms with Crippen LogP contribution in [0.5, 0.6) is 23.0 Å². The molecule has 0 N–H and O–H groups in total. The first-order valence-electron chi connectivity index (χ1n) is 13.2. The second-order valence-electron chi connectivity index (χ2n) is 9.82. The number of imide groups is 1. The Morgan fingerprint density at radius 1 is 0.532 bits per heavy atom. The van der Waals surface area contributed by atoms with Crippen LogP contribution < -0.4 is 14.4 Å². The van der Waals surface area contributed by atoms with Crippen molar-refractivity contribution in [3.05, 3.63) is 143 Å². The standard InChI is InChI=1S/C30H15N5O12/c36-29-21-3-1-2-20-25(47-27-12-7-18(33(40)41)15-24(27)35(44)45)13-10-22(28(20)21)30(37)31(29)16-4-8-19(9-5-16)46-26-11-6-17(32(38)39)14-23(26)34(42)43/h1-15H. The number of carbonyl (C=O) groups is 2. The lowest BCUT2D eigenvalue weighted by Gasteiger charge is -2.27. The van der Waals surface area contributed by atoms with E-state index in [1.807, 2.05) is 0 Å². The number of hydrogen-bond donors (Lipinski definition) is 0. The van der Waals surface area contributed by atoms with Gasteiger partial charge in [0.25, 0.3) is 23.2 Å². The average Bonchev–Trinajstić information content (AvgIpc) is 3.04. The van der Waals surface area contributed by atoms with E-state index in [1.54, 1.807) is 6.07 Å². The molecule has 5 aromatic carbocycles. The van der Waals surface area contributed by atoms with E-state index >= 15 is 0 Å². The molecule has 47 heavy (non-hydrogen) atoms. The van der Waals surface area contributed by atoms with E-state index in [1.165, 1.54) is 48.5 Å². The topological polar surface area (TPSA) is 228 Å². The maximum Gasteiger partial charge on any atom is 0.318 e. The van der Waals surface area contributed by atoms with E-state index in [9.17, 15) is 50.0 Å². The summed E-state index contributed by atoms with van der Waals surface area (Å²) in [5.74, 6) is -1.84. The summed E-state index contributed by atoms with van der Waals surface area (Å²) in [6.45, 7) is 0. The number of non-ortho nitro benzene ring substituents is 2. The van der Waals surface area contributed by atoms with Gasteiger partial charge in [0, 0.05) is 34.0 Å². The molecule has 17 heteroatoms. The summed E-state index contributed by atoms with van der Waals surface area (Å²) >= 11 is 0. The molecule has 0 aliphatic carbocycles. The number of nitrogens with zero attached hydrogens (tertiary/aromatic N) is 5. The van der Waals surface area contributed by atoms with Crippen LogP contribution in [0.3, 0.4) is 0 Å². The van der Waals surface area contributed by atoms with Crippen molar-refractivity contribution in [1.29, 1.82) is 0 Å². The lowest BCUT2D eigenvalue weighted by molar-refractivity contribution is -0.394. The smallest absolute Gasteiger partial charge is 0.318 e. The molecule has 0 bridgehead atoms. The minimum Gasteiger partial charge on any atom is -0.450 e. The fourth-order valence-corrected chi connectivity index (χ4v) is 5.00. The highest BCUT2D eigenvalue weighted by Crippen LogP contribution is 2.42. The third-order valence-corrected chi connectivity index (χ3v) is 7.11. The maximum absolute atomic E-state index is 13.7. The number of benzene rings is 5. The lowest BCUT2D eigenvalue weighted by Crippen LogP contribution is -2.40. The molecule has 0 fully saturated rings. The van der Waals surface area contributed by atoms with E-state index in [0.717, 1.165) is 41.3 Å². The molecule has 2 amide bonds. The molecule has 1 heterocycles. The van der Waals surface area contributed by atoms with E-state index in [4.69, 9.17) is 9.47 Å². The Hall–Kier alpha value is -7.30. The van der Waals surface area contributed by atoms with Gasteiger partial charge < -0.3 is 9.47 Å². The van der Waals surface area contributed by atoms with Gasteiger partial charge in [0.15, 0.2) is 0 Å². The van der Waals surface area contributed by atoms with Gasteiger partial charge in [-0.3, -0.25) is 50.0 Å². The van der Waals surface area contributed by atoms with Crippen molar-refractivity contribution in [3.63, 3.8) is 0 Å². The highest BCUT2D eigenvalue weighted by molar-refractivity contribution is 6.36. The molecule has 6 rings (SSSR count). The molecule has 0 saturated heterocycles. The van der Waals surface area contributed by atoms with Crippen LogP contribution in [0.2, 0.25) is 0 Å². The van der Waals surface area contributed by atoms with Gasteiger partial charge in [-0.25, -0.2) is 4.90 Å². The number of ether oxygens (including phenoxy) is 2. The van der Waals surface area contributed by atoms with Crippen LogP contribution in [-0.4, -0.2) is 31.5 Å². The molecule has 0 radical (unpaired) electrons. The molecular weight excluding hydrogens is 622 g/mol. The SMILES string of the molecule is O=C1c2cccc3c(Oc4ccc([N+](=O)[O-])cc4[N+](=O)[O-])ccc(c23)C(=O)N1c1ccc(Oc2ccc([N+](=O)[O-])cc2[N+](=O)[O-])cc1. The molecule has 1 aliphatic heterocycles. The normalized spacial score (nSPS) is 12.1. The Labute approximate surface area is 260 Å². The molecule has 0 aromatic heterocycles. The molecule has 5 aromatic rings. The zero-order valence-electron chi connectivity index (χ0n) is 23.3. The number of carbonyl (C=O) groups excluding carboxylic acids is 2. The predicted molar refractivity (Wildman–Crippen MR) is 161 cm³/mol. The van der Waals surface area contributed by atoms with Gasteiger partial charge in [0.1, 0.15) is 11.5 Å². The van der Waals surface area contributed by atoms with Crippen molar-refractivity contribution in [2.75, 3.05) is 4.90 Å². The van der Waals surface area contributed by atoms with Crippen LogP contribution in [-0.2, 0) is 0 Å². The van der Waals surface area contributed by atoms with Crippen molar-refractivity contribution < 1.29 is 38.8 Å². The summed E-state index contributed by atoms with van der Waals surface area (Å²) in [5, 5.41) is 45.7. The summed E-state index contributed by atoms with van der Waals surface area (Å²) in [4.78, 5) is 70.2. The maximum atomic E-state index is 13.7. The van der Waals surface area contributed by atoms with Gasteiger partial charge in [-0.15, -0.1) is 0 Å². The minimum atomic E-state index is -0.831. The van der Waals surface area contributed by atoms with Crippen molar-refractivity contribution >= 4 is 51.0 Å². The Morgan fingerprint density at radius 3 is 1.57 bits per heavy atom. The monoisotopic (exact) mass is 637 g/mol. The first kappa shape index (κ1) is 29.8. The number of hydrogen-bond acceptors (Lipinski definition) is 12. The van der Waals surface area contributed by atoms with Crippen LogP contribution >= 0.6 is 0 Å². The number of rotatable bonds is 9. The molecule has 0 unspecified atom stereocenters. The average molecular weight is 637 g/mol. The Morgan fingerprint density at radius 2 is 1.04 bits per heavy atom. The molecule has 1 aliphatic rings. The van der Waals surface area contributed by atoms with Gasteiger partial charge in [-0.2, -0.15) is 0 Å². The van der Waals surface area contributed by atoms with Crippen LogP contribution in [0, 0.1) is 40.5 Å². The number of nitro benzene ring substituents is 4. The van der Waals surface area contributed by atoms with Gasteiger partial charge in [-0.05, 0) is 54.6 Å². The highest BCUT2D eigenvalue weighted by Gasteiger charge is 2.35. The fourth-order valence-electron chi connectivity index (χ4n) is 5.00. The van der Waals surface area contributed by atoms with E-state index < -0.39 is 54.3 Å². The number of anilines is 1. The number of amides is 2. The summed E-state index contributed by atoms with van der Waals surface area (Å²) in [5.41, 5.74) is -1.94. The number of nitro groups is 4. The van der Waals surface area contributed by atoms with Crippen molar-refractivity contribution in [2.45, 2.75) is 0 Å². The first-order valence-corrected chi connectivity index (χ1v) is 13.2. The second kappa shape index (κ2) is 11.3. The van der Waals surface area contributed by atoms with Gasteiger partial charge in [-0.1, -0.05) is 12.1 Å². The van der Waals surface area contributed by atoms with Gasteiger partial charge in [0.2, 0.25) is 11.5 Å². The largest absolute Gasteiger partial charge is 0.450 e. The molecular formula is C30H15N5O12. The van der Waals surface area contributed by atoms with Crippen LogP contribution in [0.4, 0.5) is 28.4 Å². The van der Waals surface area contributed by atoms with E-state index in [0.29, 0.717) is 0 Å². The predicted octanol–water partition coefficient (Wildman–Crippen LogP) is 6.86. The molecule has 232 valence electrons. The molecule has 0 spiro atoms. The van der Waals surface area contributed by atoms with Crippen LogP contribution in [0.15, 0.2) is 91.0 Å². The van der Waals surface area contributed by atoms with Crippen molar-refractivity contribution in [3.8, 4) is 23.0 Å². The molecule has 0 saturated carbocycles. The summed E-state index contributed by atoms with van der Waals surface area (Å²) in [6, 6.07) is 18.5. The van der Waals surface area contributed by atoms with Crippen LogP contribution in [0.1, 0.15) is 20.7 Å². The van der Waals surface area contributed by atoms with Crippen LogP contribution in [0.25, 0.3) is 10.8 Å². The van der Waals surface area contributed by atoms with Gasteiger partial charge >= 0.3 is 11.4 Å². The van der Waals surface area contributed by atoms with Crippen molar-refractivity contribution in [2.24, 2.45) is 0 Å². The van der Waals surface area contributed by atoms with E-state index in [2.05, 4.69) is 0 Å². The van der Waals surface area contributed by atoms with Crippen molar-refractivity contribution in [1.82, 2.24) is 0 Å². The second-order valence-corrected chi connectivity index (χ2v) is 9.82. The first-order chi connectivity index (χ1) is 22.4. The minimum absolute atomic E-state index is 0.0541. The summed E-state index contributed by atoms with van der Waals surface area (Å²) in [7, 11) is 0. The summed E-state index contributed by atoms with van der Waals surface area (Å²) in [6.07, 6.45) is 0. The Balaban J connectivity index is 1.31. The third kappa shape index (κ3) is 5.24. The van der Waals surface area contributed by atoms with Gasteiger partial charge in [0.05, 0.1) is 37.5 Å². The summed E-state index contributed by atoms with van der Waals surface area (Å²) < 4.78 is 11.4. The third-order valence-electron chi connectivity index (χ3n) is 7.11. The zero-order chi connectivity index (χ0) is 33.6. The lowest BCUT2D eigenvalue weighted by atomic mass is 9.93. The molecule has 0 atom stereocenters. The quantitative estimate of drug-likeness (QED) is 0.0917. The fraction of sp³-hybridized carbons (Fsp3) is 0. The zero-order valence-corrected chi connectivity index (χ0v) is 23.3. The highest BCUT2D eigenvalue weighted by atomic mass is 16.6. The van der Waals surface area contributed by atoms with E-state index in [-0.39, 0.29) is 50.6 Å².